The van der Waals surface area contributed by atoms with Crippen molar-refractivity contribution in [3.05, 3.63) is 75.9 Å². The molecule has 0 spiro atoms. The van der Waals surface area contributed by atoms with Crippen LogP contribution in [0.5, 0.6) is 0 Å². The molecule has 578 valence electrons. The van der Waals surface area contributed by atoms with E-state index in [0.29, 0.717) is 70.3 Å². The van der Waals surface area contributed by atoms with Crippen molar-refractivity contribution in [3.8, 4) is 0 Å². The summed E-state index contributed by atoms with van der Waals surface area (Å²) in [6.45, 7) is 74.5. The summed E-state index contributed by atoms with van der Waals surface area (Å²) in [6.07, 6.45) is 4.33. The fraction of sp³-hybridized carbons (Fsp3) is 0.810. The Labute approximate surface area is 634 Å². The lowest BCUT2D eigenvalue weighted by atomic mass is 9.77. The minimum atomic E-state index is -2.67. The van der Waals surface area contributed by atoms with E-state index in [1.54, 1.807) is 12.1 Å². The number of hydrogen-bond donors (Lipinski definition) is 0. The number of Topliss-reactive ketones (excluding diaryl/α,β-unsaturated/α-hetero) is 1. The first-order valence-corrected chi connectivity index (χ1v) is 55.1. The Morgan fingerprint density at radius 2 is 1.23 bits per heavy atom. The van der Waals surface area contributed by atoms with Crippen molar-refractivity contribution in [3.63, 3.8) is 0 Å². The molecule has 1 aromatic rings. The van der Waals surface area contributed by atoms with Gasteiger partial charge >= 0.3 is 0 Å². The summed E-state index contributed by atoms with van der Waals surface area (Å²) in [5, 5.41) is -0.557. The van der Waals surface area contributed by atoms with Gasteiger partial charge in [0.15, 0.2) is 47.9 Å². The maximum atomic E-state index is 16.7. The first kappa shape index (κ1) is 87.5. The number of carbonyl (C=O) groups is 1. The van der Waals surface area contributed by atoms with Gasteiger partial charge < -0.3 is 59.8 Å². The van der Waals surface area contributed by atoms with Crippen molar-refractivity contribution in [2.75, 3.05) is 19.8 Å². The van der Waals surface area contributed by atoms with Gasteiger partial charge in [-0.1, -0.05) is 159 Å². The number of ketones is 1. The summed E-state index contributed by atoms with van der Waals surface area (Å²) >= 11 is -0.276. The van der Waals surface area contributed by atoms with E-state index in [4.69, 9.17) is 55.3 Å². The predicted molar refractivity (Wildman–Crippen MR) is 431 cm³/mol. The molecule has 15 nitrogen and oxygen atoms in total. The molecule has 6 heterocycles. The van der Waals surface area contributed by atoms with Gasteiger partial charge in [0.05, 0.1) is 86.8 Å². The average molecular weight is 1630 g/mol. The number of ether oxygens (including phenoxy) is 7. The van der Waals surface area contributed by atoms with Gasteiger partial charge in [0.1, 0.15) is 30.2 Å². The number of hydrogen-bond acceptors (Lipinski definition) is 15. The molecule has 1 aromatic carbocycles. The highest BCUT2D eigenvalue weighted by Crippen LogP contribution is 2.51. The maximum absolute atomic E-state index is 16.7. The van der Waals surface area contributed by atoms with Crippen LogP contribution in [0.4, 0.5) is 0 Å². The number of halogens is 1. The van der Waals surface area contributed by atoms with Crippen LogP contribution >= 0.6 is 22.6 Å². The minimum Gasteiger partial charge on any atom is -0.768 e. The summed E-state index contributed by atoms with van der Waals surface area (Å²) in [5.74, 6) is -1.18. The van der Waals surface area contributed by atoms with Crippen molar-refractivity contribution >= 4 is 81.0 Å². The molecule has 6 saturated heterocycles. The number of benzene rings is 1. The molecule has 6 aliphatic heterocycles. The number of carbonyl (C=O) groups excluding carboxylic acids is 1. The van der Waals surface area contributed by atoms with Crippen LogP contribution in [0.1, 0.15) is 205 Å². The highest BCUT2D eigenvalue weighted by Gasteiger charge is 2.59. The second-order valence-electron chi connectivity index (χ2n) is 38.1. The molecule has 0 radical (unpaired) electrons. The van der Waals surface area contributed by atoms with Crippen LogP contribution in [0.15, 0.2) is 69.7 Å². The van der Waals surface area contributed by atoms with Crippen molar-refractivity contribution < 1.29 is 68.8 Å². The van der Waals surface area contributed by atoms with Crippen LogP contribution in [0.25, 0.3) is 0 Å². The third kappa shape index (κ3) is 22.1. The molecule has 22 heteroatoms. The molecule has 0 saturated carbocycles. The molecule has 0 amide bonds. The molecule has 17 atom stereocenters. The van der Waals surface area contributed by atoms with Crippen molar-refractivity contribution in [2.45, 2.75) is 387 Å². The standard InChI is InChI=1S/C79H139IO15SSi5/c1-30-54-31-34-60(96(82)83)48-61(54)70(64-36-37-65-71(90-64)73(94-100(26,27)78(14,15)16)74(95-101(28,29)79(17,18)19)72(91-65)66(39-40-80)93-99(24,25)77(11,12)13)62(81)46-55-45-58(47-59(92-98(22,23)76(8,9)10)50-86-97(20,21)75(5,6)7)89-68(55)49-67-53(4)51(2)43-56(88-67)32-35-63-52(3)44-57(87-63)33-38-69-84-41-42-85-69/h31,34,39-40,48,55-59,63-74H,2-4,30,32-33,35-38,41-47,49-50H2,1,5-29H3,(H,82,83)/p-1/b40-39+/t55-,56-,57-,58-,59-,63-,64+,65-,66?,67+,68-,70?,71?,72?,73?,74?/m0/s1. The number of rotatable bonds is 30. The van der Waals surface area contributed by atoms with E-state index in [9.17, 15) is 8.76 Å². The van der Waals surface area contributed by atoms with Gasteiger partial charge in [0, 0.05) is 30.6 Å². The van der Waals surface area contributed by atoms with Crippen LogP contribution in [0, 0.1) is 5.92 Å². The first-order valence-electron chi connectivity index (χ1n) is 38.2. The van der Waals surface area contributed by atoms with Gasteiger partial charge in [0.25, 0.3) is 0 Å². The van der Waals surface area contributed by atoms with Crippen molar-refractivity contribution in [1.82, 2.24) is 0 Å². The SMILES string of the molecule is C=C1C[C@H](CC[C@@H]2O[C@@H](CCC3OCCO3)CC2=C)O[C@H](C[C@@H]2O[C@H](C[C@@H](CO[Si](C)(C)C(C)(C)C)O[Si](C)(C)C(C)(C)C)C[C@H]2CC(=O)C(c2cc(S(=O)[O-])ccc2CC)[C@H]2CC[C@@H]3OC(C(/C=C/I)O[Si](C)(C)C(C)(C)C)C(O[Si](C)(C)C(C)(C)C)C(O[Si](C)(C)C(C)(C)C)C3O2)C1=C. The molecule has 7 unspecified atom stereocenters. The van der Waals surface area contributed by atoms with E-state index < -0.39 is 114 Å². The first-order chi connectivity index (χ1) is 46.3. The highest BCUT2D eigenvalue weighted by molar-refractivity contribution is 14.1. The third-order valence-electron chi connectivity index (χ3n) is 25.5. The molecule has 6 fully saturated rings. The van der Waals surface area contributed by atoms with Gasteiger partial charge in [-0.3, -0.25) is 9.00 Å². The summed E-state index contributed by atoms with van der Waals surface area (Å²) < 4.78 is 114. The van der Waals surface area contributed by atoms with Gasteiger partial charge in [-0.25, -0.2) is 0 Å². The topological polar surface area (TPSA) is 168 Å². The predicted octanol–water partition coefficient (Wildman–Crippen LogP) is 19.8. The fourth-order valence-corrected chi connectivity index (χ4v) is 21.0. The Hall–Kier alpha value is -0.706. The third-order valence-corrected chi connectivity index (χ3v) is 49.0. The molecule has 6 aliphatic rings. The van der Waals surface area contributed by atoms with E-state index >= 15 is 4.79 Å². The largest absolute Gasteiger partial charge is 0.768 e. The Bertz CT molecular complexity index is 3020. The average Bonchev–Trinajstić information content (AvgIpc) is 1.29. The monoisotopic (exact) mass is 1630 g/mol. The molecular formula is C79H138IO15SSi5-. The van der Waals surface area contributed by atoms with Gasteiger partial charge in [-0.2, -0.15) is 0 Å². The smallest absolute Gasteiger partial charge is 0.193 e. The molecule has 7 rings (SSSR count). The summed E-state index contributed by atoms with van der Waals surface area (Å²) in [5.41, 5.74) is 4.48. The molecule has 101 heavy (non-hydrogen) atoms. The summed E-state index contributed by atoms with van der Waals surface area (Å²) in [7, 11) is -12.3. The zero-order valence-corrected chi connectivity index (χ0v) is 75.5. The summed E-state index contributed by atoms with van der Waals surface area (Å²) in [6, 6.07) is 5.26. The normalized spacial score (nSPS) is 29.6. The lowest BCUT2D eigenvalue weighted by Gasteiger charge is -2.56. The molecule has 0 aliphatic carbocycles. The van der Waals surface area contributed by atoms with E-state index in [1.165, 1.54) is 0 Å². The van der Waals surface area contributed by atoms with Crippen LogP contribution < -0.4 is 0 Å². The molecule has 0 N–H and O–H groups in total. The second-order valence-corrected chi connectivity index (χ2v) is 63.6. The Balaban J connectivity index is 1.30. The van der Waals surface area contributed by atoms with E-state index in [0.717, 1.165) is 54.4 Å². The second kappa shape index (κ2) is 34.3. The number of aryl methyl sites for hydroxylation is 1. The van der Waals surface area contributed by atoms with Crippen LogP contribution in [0.3, 0.4) is 0 Å². The lowest BCUT2D eigenvalue weighted by molar-refractivity contribution is -0.268. The zero-order chi connectivity index (χ0) is 75.8. The van der Waals surface area contributed by atoms with Crippen LogP contribution in [-0.4, -0.2) is 168 Å². The molecular weight excluding hydrogens is 1490 g/mol. The number of fused-ring (bicyclic) bond motifs is 1. The Morgan fingerprint density at radius 3 is 1.79 bits per heavy atom. The van der Waals surface area contributed by atoms with Crippen molar-refractivity contribution in [2.24, 2.45) is 5.92 Å². The van der Waals surface area contributed by atoms with E-state index in [-0.39, 0.29) is 85.0 Å². The van der Waals surface area contributed by atoms with Gasteiger partial charge in [0.2, 0.25) is 0 Å². The van der Waals surface area contributed by atoms with E-state index in [1.807, 2.05) is 10.1 Å². The van der Waals surface area contributed by atoms with Crippen molar-refractivity contribution in [1.29, 1.82) is 0 Å². The lowest BCUT2D eigenvalue weighted by Crippen LogP contribution is -2.69. The molecule has 0 bridgehead atoms. The summed E-state index contributed by atoms with van der Waals surface area (Å²) in [4.78, 5) is 16.9. The fourth-order valence-electron chi connectivity index (χ4n) is 13.9. The Kier molecular flexibility index (Phi) is 29.7. The zero-order valence-electron chi connectivity index (χ0n) is 67.5. The van der Waals surface area contributed by atoms with Gasteiger partial charge in [-0.05, 0) is 216 Å². The molecule has 0 aromatic heterocycles. The van der Waals surface area contributed by atoms with Crippen LogP contribution in [-0.2, 0) is 77.6 Å². The van der Waals surface area contributed by atoms with Gasteiger partial charge in [-0.15, -0.1) is 0 Å². The minimum absolute atomic E-state index is 0.0146. The van der Waals surface area contributed by atoms with E-state index in [2.05, 4.69) is 225 Å². The highest BCUT2D eigenvalue weighted by atomic mass is 127. The quantitative estimate of drug-likeness (QED) is 0.0308. The Morgan fingerprint density at radius 1 is 0.673 bits per heavy atom. The maximum Gasteiger partial charge on any atom is 0.193 e. The van der Waals surface area contributed by atoms with Crippen LogP contribution in [0.2, 0.25) is 90.7 Å².